The molecule has 0 N–H and O–H groups in total. The van der Waals surface area contributed by atoms with Gasteiger partial charge in [0.2, 0.25) is 5.91 Å². The molecule has 3 heteroatoms. The number of nitrogens with zero attached hydrogens (tertiary/aromatic N) is 1. The summed E-state index contributed by atoms with van der Waals surface area (Å²) in [6, 6.07) is 9.68. The minimum atomic E-state index is 0.162. The van der Waals surface area contributed by atoms with Crippen LogP contribution in [0.5, 0.6) is 5.75 Å². The van der Waals surface area contributed by atoms with E-state index in [1.54, 1.807) is 18.9 Å². The Morgan fingerprint density at radius 3 is 1.88 bits per heavy atom. The van der Waals surface area contributed by atoms with Gasteiger partial charge in [0.05, 0.1) is 7.11 Å². The third-order valence-corrected chi connectivity index (χ3v) is 2.19. The molecule has 1 aromatic rings. The average Bonchev–Trinajstić information content (AvgIpc) is 2.32. The van der Waals surface area contributed by atoms with Crippen LogP contribution in [0, 0.1) is 0 Å². The van der Waals surface area contributed by atoms with Crippen molar-refractivity contribution in [3.05, 3.63) is 30.3 Å². The number of ether oxygens (including phenoxy) is 1. The summed E-state index contributed by atoms with van der Waals surface area (Å²) < 4.78 is 4.91. The molecule has 16 heavy (non-hydrogen) atoms. The Labute approximate surface area is 98.0 Å². The van der Waals surface area contributed by atoms with E-state index < -0.39 is 0 Å². The highest BCUT2D eigenvalue weighted by atomic mass is 16.5. The first-order valence-electron chi connectivity index (χ1n) is 5.50. The zero-order chi connectivity index (χ0) is 12.4. The van der Waals surface area contributed by atoms with Crippen LogP contribution in [0.4, 0.5) is 0 Å². The molecule has 0 bridgehead atoms. The quantitative estimate of drug-likeness (QED) is 0.788. The fourth-order valence-corrected chi connectivity index (χ4v) is 1.23. The number of hydrogen-bond donors (Lipinski definition) is 0. The molecule has 0 saturated carbocycles. The molecule has 1 aromatic carbocycles. The van der Waals surface area contributed by atoms with Crippen molar-refractivity contribution in [1.29, 1.82) is 0 Å². The predicted octanol–water partition coefficient (Wildman–Crippen LogP) is 2.57. The molecule has 0 radical (unpaired) electrons. The fraction of sp³-hybridized carbons (Fsp3) is 0.462. The van der Waals surface area contributed by atoms with Crippen molar-refractivity contribution in [2.24, 2.45) is 0 Å². The van der Waals surface area contributed by atoms with Gasteiger partial charge in [-0.25, -0.2) is 0 Å². The zero-order valence-electron chi connectivity index (χ0n) is 10.6. The normalized spacial score (nSPS) is 8.75. The molecule has 3 nitrogen and oxygen atoms in total. The predicted molar refractivity (Wildman–Crippen MR) is 66.6 cm³/mol. The topological polar surface area (TPSA) is 29.5 Å². The summed E-state index contributed by atoms with van der Waals surface area (Å²) in [6.45, 7) is 7.19. The van der Waals surface area contributed by atoms with Crippen molar-refractivity contribution >= 4 is 5.91 Å². The van der Waals surface area contributed by atoms with Crippen molar-refractivity contribution in [1.82, 2.24) is 4.90 Å². The first kappa shape index (κ1) is 14.5. The van der Waals surface area contributed by atoms with E-state index in [1.807, 2.05) is 44.2 Å². The average molecular weight is 223 g/mol. The van der Waals surface area contributed by atoms with E-state index in [0.717, 1.165) is 18.8 Å². The molecule has 0 heterocycles. The Morgan fingerprint density at radius 1 is 1.19 bits per heavy atom. The molecule has 1 rings (SSSR count). The van der Waals surface area contributed by atoms with E-state index in [0.29, 0.717) is 0 Å². The summed E-state index contributed by atoms with van der Waals surface area (Å²) in [4.78, 5) is 12.3. The largest absolute Gasteiger partial charge is 0.497 e. The number of carbonyl (C=O) groups is 1. The highest BCUT2D eigenvalue weighted by Gasteiger charge is 1.99. The number of hydrogen-bond acceptors (Lipinski definition) is 2. The maximum Gasteiger partial charge on any atom is 0.219 e. The zero-order valence-corrected chi connectivity index (χ0v) is 10.6. The summed E-state index contributed by atoms with van der Waals surface area (Å²) in [5.74, 6) is 1.07. The fourth-order valence-electron chi connectivity index (χ4n) is 1.23. The molecule has 1 amide bonds. The van der Waals surface area contributed by atoms with Gasteiger partial charge in [0.1, 0.15) is 5.75 Å². The van der Waals surface area contributed by atoms with Gasteiger partial charge < -0.3 is 9.64 Å². The van der Waals surface area contributed by atoms with Crippen LogP contribution in [-0.4, -0.2) is 31.0 Å². The second kappa shape index (κ2) is 8.77. The lowest BCUT2D eigenvalue weighted by Crippen LogP contribution is -2.27. The van der Waals surface area contributed by atoms with E-state index in [9.17, 15) is 4.79 Å². The summed E-state index contributed by atoms with van der Waals surface area (Å²) >= 11 is 0. The number of methoxy groups -OCH3 is 1. The van der Waals surface area contributed by atoms with Crippen LogP contribution in [0.2, 0.25) is 0 Å². The van der Waals surface area contributed by atoms with Gasteiger partial charge in [0.25, 0.3) is 0 Å². The maximum absolute atomic E-state index is 10.5. The lowest BCUT2D eigenvalue weighted by Gasteiger charge is -2.14. The van der Waals surface area contributed by atoms with Crippen LogP contribution < -0.4 is 4.74 Å². The van der Waals surface area contributed by atoms with Gasteiger partial charge in [0.15, 0.2) is 0 Å². The monoisotopic (exact) mass is 223 g/mol. The maximum atomic E-state index is 10.5. The van der Waals surface area contributed by atoms with E-state index in [2.05, 4.69) is 0 Å². The molecule has 0 aliphatic carbocycles. The highest BCUT2D eigenvalue weighted by molar-refractivity contribution is 5.73. The lowest BCUT2D eigenvalue weighted by molar-refractivity contribution is -0.128. The minimum absolute atomic E-state index is 0.162. The molecular formula is C13H21NO2. The Morgan fingerprint density at radius 2 is 1.69 bits per heavy atom. The molecule has 0 unspecified atom stereocenters. The van der Waals surface area contributed by atoms with Crippen LogP contribution in [0.25, 0.3) is 0 Å². The van der Waals surface area contributed by atoms with E-state index >= 15 is 0 Å². The smallest absolute Gasteiger partial charge is 0.219 e. The number of carbonyl (C=O) groups excluding carboxylic acids is 1. The molecule has 0 aliphatic heterocycles. The molecule has 0 aromatic heterocycles. The summed E-state index contributed by atoms with van der Waals surface area (Å²) in [5.41, 5.74) is 0. The number of benzene rings is 1. The number of amides is 1. The van der Waals surface area contributed by atoms with Crippen molar-refractivity contribution in [2.75, 3.05) is 20.2 Å². The van der Waals surface area contributed by atoms with Gasteiger partial charge in [-0.2, -0.15) is 0 Å². The Balaban J connectivity index is 0.000000281. The van der Waals surface area contributed by atoms with Gasteiger partial charge in [-0.3, -0.25) is 4.79 Å². The molecule has 0 atom stereocenters. The van der Waals surface area contributed by atoms with Gasteiger partial charge in [-0.15, -0.1) is 0 Å². The summed E-state index contributed by atoms with van der Waals surface area (Å²) in [7, 11) is 1.66. The van der Waals surface area contributed by atoms with Crippen molar-refractivity contribution in [3.8, 4) is 5.75 Å². The third kappa shape index (κ3) is 6.06. The van der Waals surface area contributed by atoms with Crippen LogP contribution >= 0.6 is 0 Å². The molecule has 0 fully saturated rings. The first-order valence-corrected chi connectivity index (χ1v) is 5.50. The Kier molecular flexibility index (Phi) is 7.94. The highest BCUT2D eigenvalue weighted by Crippen LogP contribution is 2.05. The van der Waals surface area contributed by atoms with Gasteiger partial charge in [-0.05, 0) is 26.0 Å². The molecule has 0 saturated heterocycles. The van der Waals surface area contributed by atoms with Crippen molar-refractivity contribution in [3.63, 3.8) is 0 Å². The van der Waals surface area contributed by atoms with E-state index in [4.69, 9.17) is 4.74 Å². The standard InChI is InChI=1S/C7H8O.C6H13NO/c1-8-7-5-3-2-4-6-7;1-4-7(5-2)6(3)8/h2-6H,1H3;4-5H2,1-3H3. The first-order chi connectivity index (χ1) is 7.65. The van der Waals surface area contributed by atoms with E-state index in [-0.39, 0.29) is 5.91 Å². The lowest BCUT2D eigenvalue weighted by atomic mass is 10.3. The number of rotatable bonds is 3. The Bertz CT molecular complexity index is 281. The van der Waals surface area contributed by atoms with Crippen LogP contribution in [0.3, 0.4) is 0 Å². The SMILES string of the molecule is CCN(CC)C(C)=O.COc1ccccc1. The van der Waals surface area contributed by atoms with Crippen molar-refractivity contribution < 1.29 is 9.53 Å². The van der Waals surface area contributed by atoms with Crippen LogP contribution in [0.15, 0.2) is 30.3 Å². The second-order valence-corrected chi connectivity index (χ2v) is 3.21. The van der Waals surface area contributed by atoms with E-state index in [1.165, 1.54) is 0 Å². The molecule has 90 valence electrons. The van der Waals surface area contributed by atoms with Gasteiger partial charge >= 0.3 is 0 Å². The summed E-state index contributed by atoms with van der Waals surface area (Å²) in [6.07, 6.45) is 0. The van der Waals surface area contributed by atoms with Gasteiger partial charge in [-0.1, -0.05) is 18.2 Å². The third-order valence-electron chi connectivity index (χ3n) is 2.19. The van der Waals surface area contributed by atoms with Crippen LogP contribution in [-0.2, 0) is 4.79 Å². The van der Waals surface area contributed by atoms with Gasteiger partial charge in [0, 0.05) is 20.0 Å². The van der Waals surface area contributed by atoms with Crippen LogP contribution in [0.1, 0.15) is 20.8 Å². The van der Waals surface area contributed by atoms with Crippen molar-refractivity contribution in [2.45, 2.75) is 20.8 Å². The molecular weight excluding hydrogens is 202 g/mol. The summed E-state index contributed by atoms with van der Waals surface area (Å²) in [5, 5.41) is 0. The minimum Gasteiger partial charge on any atom is -0.497 e. The molecule has 0 spiro atoms. The second-order valence-electron chi connectivity index (χ2n) is 3.21. The molecule has 0 aliphatic rings. The Hall–Kier alpha value is -1.51. The number of para-hydroxylation sites is 1.